The Balaban J connectivity index is 1.07. The zero-order valence-corrected chi connectivity index (χ0v) is 39.6. The highest BCUT2D eigenvalue weighted by Crippen LogP contribution is 2.49. The van der Waals surface area contributed by atoms with Crippen molar-refractivity contribution >= 4 is 124 Å². The Morgan fingerprint density at radius 1 is 0.338 bits per heavy atom. The first-order valence-electron chi connectivity index (χ1n) is 23.8. The molecule has 0 aliphatic carbocycles. The number of benzene rings is 10. The normalized spacial score (nSPS) is 11.9. The van der Waals surface area contributed by atoms with Crippen molar-refractivity contribution in [3.63, 3.8) is 0 Å². The Morgan fingerprint density at radius 2 is 0.817 bits per heavy atom. The molecule has 5 aromatic heterocycles. The maximum absolute atomic E-state index is 5.73. The van der Waals surface area contributed by atoms with Crippen molar-refractivity contribution in [1.82, 2.24) is 24.1 Å². The number of thiophene rings is 2. The van der Waals surface area contributed by atoms with Gasteiger partial charge in [-0.05, 0) is 97.1 Å². The second-order valence-corrected chi connectivity index (χ2v) is 20.1. The smallest absolute Gasteiger partial charge is 0.238 e. The molecule has 5 heterocycles. The second-order valence-electron chi connectivity index (χ2n) is 17.9. The Bertz CT molecular complexity index is 4490. The summed E-state index contributed by atoms with van der Waals surface area (Å²) in [4.78, 5) is 19.3. The lowest BCUT2D eigenvalue weighted by Gasteiger charge is -2.26. The first-order valence-corrected chi connectivity index (χ1v) is 25.4. The lowest BCUT2D eigenvalue weighted by molar-refractivity contribution is 1.03. The summed E-state index contributed by atoms with van der Waals surface area (Å²) in [6.07, 6.45) is 0. The molecule has 0 bridgehead atoms. The topological polar surface area (TPSA) is 51.8 Å². The van der Waals surface area contributed by atoms with E-state index in [1.54, 1.807) is 0 Å². The molecule has 0 radical (unpaired) electrons. The third-order valence-corrected chi connectivity index (χ3v) is 16.2. The van der Waals surface area contributed by atoms with Crippen LogP contribution in [0.3, 0.4) is 0 Å². The summed E-state index contributed by atoms with van der Waals surface area (Å²) in [6.45, 7) is 0. The van der Waals surface area contributed by atoms with E-state index < -0.39 is 0 Å². The number of hydrogen-bond donors (Lipinski definition) is 0. The van der Waals surface area contributed by atoms with E-state index in [1.807, 2.05) is 22.7 Å². The van der Waals surface area contributed by atoms with Gasteiger partial charge in [0.2, 0.25) is 5.95 Å². The highest BCUT2D eigenvalue weighted by molar-refractivity contribution is 7.26. The van der Waals surface area contributed by atoms with Crippen molar-refractivity contribution in [2.45, 2.75) is 0 Å². The van der Waals surface area contributed by atoms with Gasteiger partial charge in [0, 0.05) is 84.4 Å². The van der Waals surface area contributed by atoms with Gasteiger partial charge in [0.1, 0.15) is 0 Å². The quantitative estimate of drug-likeness (QED) is 0.160. The zero-order chi connectivity index (χ0) is 46.6. The van der Waals surface area contributed by atoms with Gasteiger partial charge in [-0.3, -0.25) is 4.90 Å². The Morgan fingerprint density at radius 3 is 1.46 bits per heavy atom. The molecule has 71 heavy (non-hydrogen) atoms. The third kappa shape index (κ3) is 6.15. The summed E-state index contributed by atoms with van der Waals surface area (Å²) in [6, 6.07) is 82.5. The number of fused-ring (bicyclic) bond motifs is 12. The van der Waals surface area contributed by atoms with Crippen LogP contribution >= 0.6 is 22.7 Å². The summed E-state index contributed by atoms with van der Waals surface area (Å²) in [5, 5.41) is 9.29. The van der Waals surface area contributed by atoms with Gasteiger partial charge in [0.15, 0.2) is 11.6 Å². The highest BCUT2D eigenvalue weighted by atomic mass is 32.1. The molecule has 0 N–H and O–H groups in total. The van der Waals surface area contributed by atoms with Crippen LogP contribution in [0.1, 0.15) is 0 Å². The maximum atomic E-state index is 5.73. The lowest BCUT2D eigenvalue weighted by Crippen LogP contribution is -2.16. The van der Waals surface area contributed by atoms with E-state index in [9.17, 15) is 0 Å². The van der Waals surface area contributed by atoms with Crippen LogP contribution in [0, 0.1) is 0 Å². The first kappa shape index (κ1) is 40.0. The van der Waals surface area contributed by atoms with Crippen LogP contribution in [0.15, 0.2) is 231 Å². The summed E-state index contributed by atoms with van der Waals surface area (Å²) >= 11 is 3.63. The van der Waals surface area contributed by atoms with E-state index in [4.69, 9.17) is 15.0 Å². The van der Waals surface area contributed by atoms with Crippen LogP contribution in [-0.2, 0) is 0 Å². The molecule has 15 aromatic rings. The molecule has 0 saturated carbocycles. The van der Waals surface area contributed by atoms with Gasteiger partial charge in [-0.2, -0.15) is 9.97 Å². The molecule has 0 unspecified atom stereocenters. The number of aromatic nitrogens is 5. The molecule has 0 aliphatic rings. The van der Waals surface area contributed by atoms with Crippen molar-refractivity contribution in [3.05, 3.63) is 231 Å². The molecular formula is C63H38N6S2. The molecule has 15 rings (SSSR count). The van der Waals surface area contributed by atoms with E-state index in [0.29, 0.717) is 17.6 Å². The van der Waals surface area contributed by atoms with Gasteiger partial charge in [-0.1, -0.05) is 133 Å². The Hall–Kier alpha value is -8.95. The van der Waals surface area contributed by atoms with Crippen molar-refractivity contribution in [3.8, 4) is 34.2 Å². The lowest BCUT2D eigenvalue weighted by atomic mass is 10.1. The number of rotatable bonds is 7. The van der Waals surface area contributed by atoms with Gasteiger partial charge in [0.25, 0.3) is 0 Å². The SMILES string of the molecule is c1ccc(-n2c3ccccc3c3cc(-c4nc(-c5cccc6c7ccccc7n(-c7ccccc7)c56)nc(N(c5cccc6sc7ccccc7c56)c5cccc6sc7ccccc7c56)n4)ccc32)cc1. The number of hydrogen-bond acceptors (Lipinski definition) is 6. The van der Waals surface area contributed by atoms with E-state index in [2.05, 4.69) is 245 Å². The predicted molar refractivity (Wildman–Crippen MR) is 300 cm³/mol. The van der Waals surface area contributed by atoms with Gasteiger partial charge < -0.3 is 9.13 Å². The summed E-state index contributed by atoms with van der Waals surface area (Å²) in [5.74, 6) is 1.69. The molecule has 10 aromatic carbocycles. The Kier molecular flexibility index (Phi) is 8.90. The molecule has 8 heteroatoms. The molecular weight excluding hydrogens is 905 g/mol. The van der Waals surface area contributed by atoms with Gasteiger partial charge >= 0.3 is 0 Å². The summed E-state index contributed by atoms with van der Waals surface area (Å²) < 4.78 is 9.57. The van der Waals surface area contributed by atoms with Crippen molar-refractivity contribution < 1.29 is 0 Å². The molecule has 0 spiro atoms. The van der Waals surface area contributed by atoms with Crippen LogP contribution < -0.4 is 4.90 Å². The molecule has 6 nitrogen and oxygen atoms in total. The van der Waals surface area contributed by atoms with E-state index in [1.165, 1.54) is 29.6 Å². The van der Waals surface area contributed by atoms with E-state index >= 15 is 0 Å². The molecule has 0 amide bonds. The largest absolute Gasteiger partial charge is 0.309 e. The van der Waals surface area contributed by atoms with Gasteiger partial charge in [-0.25, -0.2) is 4.98 Å². The van der Waals surface area contributed by atoms with Crippen LogP contribution in [0.4, 0.5) is 17.3 Å². The first-order chi connectivity index (χ1) is 35.2. The minimum Gasteiger partial charge on any atom is -0.309 e. The minimum atomic E-state index is 0.529. The molecule has 0 aliphatic heterocycles. The minimum absolute atomic E-state index is 0.529. The van der Waals surface area contributed by atoms with Crippen molar-refractivity contribution in [2.24, 2.45) is 0 Å². The summed E-state index contributed by atoms with van der Waals surface area (Å²) in [7, 11) is 0. The molecule has 332 valence electrons. The maximum Gasteiger partial charge on any atom is 0.238 e. The number of nitrogens with zero attached hydrogens (tertiary/aromatic N) is 6. The van der Waals surface area contributed by atoms with Gasteiger partial charge in [-0.15, -0.1) is 22.7 Å². The number of anilines is 3. The van der Waals surface area contributed by atoms with Crippen molar-refractivity contribution in [1.29, 1.82) is 0 Å². The van der Waals surface area contributed by atoms with Crippen molar-refractivity contribution in [2.75, 3.05) is 4.90 Å². The predicted octanol–water partition coefficient (Wildman–Crippen LogP) is 17.6. The van der Waals surface area contributed by atoms with Crippen LogP contribution in [0.25, 0.3) is 118 Å². The fourth-order valence-corrected chi connectivity index (χ4v) is 13.2. The highest BCUT2D eigenvalue weighted by Gasteiger charge is 2.27. The van der Waals surface area contributed by atoms with Gasteiger partial charge in [0.05, 0.1) is 33.4 Å². The fraction of sp³-hybridized carbons (Fsp3) is 0. The monoisotopic (exact) mass is 942 g/mol. The molecule has 0 fully saturated rings. The average Bonchev–Trinajstić information content (AvgIpc) is 4.20. The Labute approximate surface area is 415 Å². The van der Waals surface area contributed by atoms with Crippen LogP contribution in [0.5, 0.6) is 0 Å². The molecule has 0 atom stereocenters. The van der Waals surface area contributed by atoms with Crippen LogP contribution in [0.2, 0.25) is 0 Å². The fourth-order valence-electron chi connectivity index (χ4n) is 11.0. The second kappa shape index (κ2) is 15.8. The standard InChI is InChI=1S/C63H38N6S2/c1-3-18-40(19-4-1)67-49-28-11-8-23-43(49)48-38-39(36-37-51(48)67)61-64-62(47-27-15-26-44-42-22-7-12-29-50(42)68(60(44)47)41-20-5-2-6-21-41)66-63(65-61)69(52-30-16-34-56-58(52)45-24-9-13-32-54(45)70-56)53-31-17-35-57-59(53)46-25-10-14-33-55(46)71-57/h1-38H. The average molecular weight is 943 g/mol. The molecule has 0 saturated heterocycles. The third-order valence-electron chi connectivity index (χ3n) is 14.0. The van der Waals surface area contributed by atoms with E-state index in [0.717, 1.165) is 88.3 Å². The van der Waals surface area contributed by atoms with E-state index in [-0.39, 0.29) is 0 Å². The summed E-state index contributed by atoms with van der Waals surface area (Å²) in [5.41, 5.74) is 10.4. The number of para-hydroxylation sites is 5. The zero-order valence-electron chi connectivity index (χ0n) is 37.9. The van der Waals surface area contributed by atoms with Crippen LogP contribution in [-0.4, -0.2) is 24.1 Å².